The molecule has 1 aliphatic heterocycles. The molecule has 0 bridgehead atoms. The molecule has 0 saturated carbocycles. The number of hydrogen-bond acceptors (Lipinski definition) is 4. The molecule has 17 heavy (non-hydrogen) atoms. The molecule has 1 unspecified atom stereocenters. The van der Waals surface area contributed by atoms with Crippen LogP contribution in [0.1, 0.15) is 18.9 Å². The summed E-state index contributed by atoms with van der Waals surface area (Å²) in [6, 6.07) is 6.04. The van der Waals surface area contributed by atoms with E-state index in [0.717, 1.165) is 24.6 Å². The molecule has 0 aliphatic carbocycles. The van der Waals surface area contributed by atoms with Crippen molar-refractivity contribution >= 4 is 11.8 Å². The van der Waals surface area contributed by atoms with E-state index in [-0.39, 0.29) is 0 Å². The molecule has 0 saturated heterocycles. The molecule has 1 aromatic rings. The quantitative estimate of drug-likeness (QED) is 0.790. The molecule has 2 rings (SSSR count). The number of thioether (sulfide) groups is 1. The topological polar surface area (TPSA) is 30.5 Å². The number of ether oxygens (including phenoxy) is 2. The first-order chi connectivity index (χ1) is 8.31. The van der Waals surface area contributed by atoms with E-state index in [0.29, 0.717) is 12.0 Å². The summed E-state index contributed by atoms with van der Waals surface area (Å²) in [7, 11) is 0. The van der Waals surface area contributed by atoms with Crippen LogP contribution >= 0.6 is 11.8 Å². The summed E-state index contributed by atoms with van der Waals surface area (Å²) in [5.41, 5.74) is 1.18. The highest BCUT2D eigenvalue weighted by Gasteiger charge is 2.16. The third kappa shape index (κ3) is 3.30. The minimum Gasteiger partial charge on any atom is -0.454 e. The fourth-order valence-corrected chi connectivity index (χ4v) is 2.13. The molecule has 0 aromatic heterocycles. The van der Waals surface area contributed by atoms with Crippen molar-refractivity contribution in [3.05, 3.63) is 23.8 Å². The van der Waals surface area contributed by atoms with Gasteiger partial charge in [-0.1, -0.05) is 19.1 Å². The van der Waals surface area contributed by atoms with E-state index in [2.05, 4.69) is 24.6 Å². The predicted molar refractivity (Wildman–Crippen MR) is 71.9 cm³/mol. The standard InChI is InChI=1S/C13H19NO2S/c1-10(17-2)6-7-14-8-11-4-3-5-12-13(11)16-9-15-12/h3-5,10,14H,6-9H2,1-2H3. The van der Waals surface area contributed by atoms with Gasteiger partial charge in [-0.2, -0.15) is 11.8 Å². The van der Waals surface area contributed by atoms with E-state index in [4.69, 9.17) is 9.47 Å². The second kappa shape index (κ2) is 6.17. The third-order valence-corrected chi connectivity index (χ3v) is 3.96. The fourth-order valence-electron chi connectivity index (χ4n) is 1.78. The van der Waals surface area contributed by atoms with Gasteiger partial charge in [0.1, 0.15) is 0 Å². The largest absolute Gasteiger partial charge is 0.454 e. The molecule has 1 N–H and O–H groups in total. The van der Waals surface area contributed by atoms with Gasteiger partial charge in [-0.3, -0.25) is 0 Å². The molecular weight excluding hydrogens is 234 g/mol. The molecule has 0 fully saturated rings. The zero-order valence-corrected chi connectivity index (χ0v) is 11.2. The van der Waals surface area contributed by atoms with Gasteiger partial charge in [0.15, 0.2) is 11.5 Å². The fraction of sp³-hybridized carbons (Fsp3) is 0.538. The Morgan fingerprint density at radius 2 is 2.29 bits per heavy atom. The van der Waals surface area contributed by atoms with Crippen molar-refractivity contribution < 1.29 is 9.47 Å². The Morgan fingerprint density at radius 1 is 1.41 bits per heavy atom. The van der Waals surface area contributed by atoms with Crippen molar-refractivity contribution in [2.75, 3.05) is 19.6 Å². The monoisotopic (exact) mass is 253 g/mol. The Labute approximate surface area is 107 Å². The van der Waals surface area contributed by atoms with E-state index in [1.165, 1.54) is 12.0 Å². The van der Waals surface area contributed by atoms with E-state index in [9.17, 15) is 0 Å². The molecule has 3 nitrogen and oxygen atoms in total. The van der Waals surface area contributed by atoms with Crippen LogP contribution in [0.15, 0.2) is 18.2 Å². The molecule has 1 atom stereocenters. The number of fused-ring (bicyclic) bond motifs is 1. The van der Waals surface area contributed by atoms with Gasteiger partial charge in [-0.25, -0.2) is 0 Å². The number of benzene rings is 1. The van der Waals surface area contributed by atoms with Crippen LogP contribution in [-0.2, 0) is 6.54 Å². The van der Waals surface area contributed by atoms with Gasteiger partial charge < -0.3 is 14.8 Å². The number of rotatable bonds is 6. The van der Waals surface area contributed by atoms with Crippen LogP contribution < -0.4 is 14.8 Å². The van der Waals surface area contributed by atoms with Gasteiger partial charge in [0, 0.05) is 17.4 Å². The van der Waals surface area contributed by atoms with E-state index in [1.807, 2.05) is 23.9 Å². The normalized spacial score (nSPS) is 14.9. The van der Waals surface area contributed by atoms with Crippen LogP contribution in [0.2, 0.25) is 0 Å². The lowest BCUT2D eigenvalue weighted by Gasteiger charge is -2.10. The van der Waals surface area contributed by atoms with Gasteiger partial charge in [0.25, 0.3) is 0 Å². The SMILES string of the molecule is CSC(C)CCNCc1cccc2c1OCO2. The molecule has 0 radical (unpaired) electrons. The second-order valence-corrected chi connectivity index (χ2v) is 5.44. The molecule has 0 amide bonds. The highest BCUT2D eigenvalue weighted by molar-refractivity contribution is 7.99. The summed E-state index contributed by atoms with van der Waals surface area (Å²) >= 11 is 1.91. The van der Waals surface area contributed by atoms with E-state index >= 15 is 0 Å². The van der Waals surface area contributed by atoms with E-state index in [1.54, 1.807) is 0 Å². The van der Waals surface area contributed by atoms with Crippen LogP contribution in [0.4, 0.5) is 0 Å². The Hall–Kier alpha value is -0.870. The number of nitrogens with one attached hydrogen (secondary N) is 1. The molecular formula is C13H19NO2S. The maximum Gasteiger partial charge on any atom is 0.231 e. The summed E-state index contributed by atoms with van der Waals surface area (Å²) in [4.78, 5) is 0. The average Bonchev–Trinajstić information content (AvgIpc) is 2.83. The van der Waals surface area contributed by atoms with Crippen molar-refractivity contribution in [1.82, 2.24) is 5.32 Å². The minimum atomic E-state index is 0.343. The molecule has 94 valence electrons. The molecule has 1 aliphatic rings. The lowest BCUT2D eigenvalue weighted by molar-refractivity contribution is 0.173. The van der Waals surface area contributed by atoms with Gasteiger partial charge in [-0.15, -0.1) is 0 Å². The first-order valence-corrected chi connectivity index (χ1v) is 7.21. The summed E-state index contributed by atoms with van der Waals surface area (Å²) in [6.45, 7) is 4.47. The van der Waals surface area contributed by atoms with Crippen LogP contribution in [0.5, 0.6) is 11.5 Å². The minimum absolute atomic E-state index is 0.343. The van der Waals surface area contributed by atoms with Crippen molar-refractivity contribution in [2.24, 2.45) is 0 Å². The van der Waals surface area contributed by atoms with Crippen molar-refractivity contribution in [1.29, 1.82) is 0 Å². The molecule has 1 heterocycles. The van der Waals surface area contributed by atoms with Crippen LogP contribution in [0.25, 0.3) is 0 Å². The zero-order valence-electron chi connectivity index (χ0n) is 10.4. The van der Waals surface area contributed by atoms with Crippen molar-refractivity contribution in [3.63, 3.8) is 0 Å². The van der Waals surface area contributed by atoms with Gasteiger partial charge in [0.05, 0.1) is 0 Å². The Bertz CT molecular complexity index is 370. The second-order valence-electron chi connectivity index (χ2n) is 4.16. The maximum absolute atomic E-state index is 5.46. The Balaban J connectivity index is 1.82. The third-order valence-electron chi connectivity index (χ3n) is 2.92. The Kier molecular flexibility index (Phi) is 4.57. The predicted octanol–water partition coefficient (Wildman–Crippen LogP) is 2.65. The van der Waals surface area contributed by atoms with Crippen molar-refractivity contribution in [3.8, 4) is 11.5 Å². The Morgan fingerprint density at radius 3 is 3.12 bits per heavy atom. The van der Waals surface area contributed by atoms with Crippen LogP contribution in [0.3, 0.4) is 0 Å². The van der Waals surface area contributed by atoms with Gasteiger partial charge in [-0.05, 0) is 25.3 Å². The molecule has 1 aromatic carbocycles. The first kappa shape index (κ1) is 12.6. The van der Waals surface area contributed by atoms with Crippen LogP contribution in [-0.4, -0.2) is 24.8 Å². The van der Waals surface area contributed by atoms with Gasteiger partial charge in [0.2, 0.25) is 6.79 Å². The smallest absolute Gasteiger partial charge is 0.231 e. The van der Waals surface area contributed by atoms with Gasteiger partial charge >= 0.3 is 0 Å². The van der Waals surface area contributed by atoms with Crippen LogP contribution in [0, 0.1) is 0 Å². The molecule has 0 spiro atoms. The zero-order chi connectivity index (χ0) is 12.1. The first-order valence-electron chi connectivity index (χ1n) is 5.92. The maximum atomic E-state index is 5.46. The van der Waals surface area contributed by atoms with E-state index < -0.39 is 0 Å². The highest BCUT2D eigenvalue weighted by atomic mass is 32.2. The summed E-state index contributed by atoms with van der Waals surface area (Å²) < 4.78 is 10.8. The lowest BCUT2D eigenvalue weighted by atomic mass is 10.2. The summed E-state index contributed by atoms with van der Waals surface area (Å²) in [6.07, 6.45) is 3.34. The van der Waals surface area contributed by atoms with Crippen molar-refractivity contribution in [2.45, 2.75) is 25.1 Å². The lowest BCUT2D eigenvalue weighted by Crippen LogP contribution is -2.17. The average molecular weight is 253 g/mol. The summed E-state index contributed by atoms with van der Waals surface area (Å²) in [5.74, 6) is 1.76. The number of hydrogen-bond donors (Lipinski definition) is 1. The number of para-hydroxylation sites is 1. The summed E-state index contributed by atoms with van der Waals surface area (Å²) in [5, 5.41) is 4.16. The highest BCUT2D eigenvalue weighted by Crippen LogP contribution is 2.35. The molecule has 4 heteroatoms.